The number of nitrogens with two attached hydrogens (primary N) is 1. The first kappa shape index (κ1) is 15.9. The lowest BCUT2D eigenvalue weighted by molar-refractivity contribution is -0.145. The van der Waals surface area contributed by atoms with Crippen LogP contribution in [0.15, 0.2) is 0 Å². The van der Waals surface area contributed by atoms with E-state index >= 15 is 0 Å². The topological polar surface area (TPSA) is 113 Å². The fourth-order valence-electron chi connectivity index (χ4n) is 2.54. The van der Waals surface area contributed by atoms with Crippen LogP contribution in [-0.4, -0.2) is 41.3 Å². The van der Waals surface area contributed by atoms with Crippen LogP contribution in [0.1, 0.15) is 39.0 Å². The van der Waals surface area contributed by atoms with E-state index in [0.29, 0.717) is 18.8 Å². The predicted octanol–water partition coefficient (Wildman–Crippen LogP) is 0.0934. The number of carbonyl (C=O) groups excluding carboxylic acids is 1. The van der Waals surface area contributed by atoms with Gasteiger partial charge in [0, 0.05) is 19.6 Å². The Balaban J connectivity index is 2.70. The van der Waals surface area contributed by atoms with Gasteiger partial charge in [0.05, 0.1) is 5.41 Å². The lowest BCUT2D eigenvalue weighted by atomic mass is 9.70. The van der Waals surface area contributed by atoms with Crippen molar-refractivity contribution in [1.82, 2.24) is 5.32 Å². The molecular formula is C13H24N2O4. The summed E-state index contributed by atoms with van der Waals surface area (Å²) in [7, 11) is 0. The Bertz CT molecular complexity index is 325. The molecule has 0 aliphatic heterocycles. The minimum Gasteiger partial charge on any atom is -0.480 e. The highest BCUT2D eigenvalue weighted by Crippen LogP contribution is 2.38. The SMILES string of the molecule is CC1CCC(CN)(C(=O)NC(CCO)C(=O)O)CC1. The molecule has 1 aliphatic carbocycles. The Morgan fingerprint density at radius 1 is 1.42 bits per heavy atom. The first-order valence-corrected chi connectivity index (χ1v) is 6.80. The van der Waals surface area contributed by atoms with Gasteiger partial charge < -0.3 is 21.3 Å². The molecule has 0 heterocycles. The second kappa shape index (κ2) is 6.86. The van der Waals surface area contributed by atoms with Gasteiger partial charge >= 0.3 is 5.97 Å². The molecule has 6 nitrogen and oxygen atoms in total. The highest BCUT2D eigenvalue weighted by Gasteiger charge is 2.41. The number of hydrogen-bond acceptors (Lipinski definition) is 4. The quantitative estimate of drug-likeness (QED) is 0.547. The van der Waals surface area contributed by atoms with Gasteiger partial charge in [-0.05, 0) is 31.6 Å². The number of aliphatic hydroxyl groups excluding tert-OH is 1. The van der Waals surface area contributed by atoms with E-state index in [-0.39, 0.29) is 25.5 Å². The van der Waals surface area contributed by atoms with Crippen molar-refractivity contribution in [1.29, 1.82) is 0 Å². The zero-order chi connectivity index (χ0) is 14.5. The summed E-state index contributed by atoms with van der Waals surface area (Å²) >= 11 is 0. The zero-order valence-electron chi connectivity index (χ0n) is 11.4. The summed E-state index contributed by atoms with van der Waals surface area (Å²) in [6, 6.07) is -1.04. The molecular weight excluding hydrogens is 248 g/mol. The van der Waals surface area contributed by atoms with Crippen LogP contribution >= 0.6 is 0 Å². The molecule has 1 saturated carbocycles. The first-order valence-electron chi connectivity index (χ1n) is 6.80. The van der Waals surface area contributed by atoms with E-state index in [2.05, 4.69) is 12.2 Å². The third-order valence-corrected chi connectivity index (χ3v) is 4.12. The summed E-state index contributed by atoms with van der Waals surface area (Å²) in [5.41, 5.74) is 5.11. The van der Waals surface area contributed by atoms with Crippen molar-refractivity contribution < 1.29 is 19.8 Å². The van der Waals surface area contributed by atoms with Crippen LogP contribution in [0.4, 0.5) is 0 Å². The van der Waals surface area contributed by atoms with Crippen molar-refractivity contribution in [3.63, 3.8) is 0 Å². The summed E-state index contributed by atoms with van der Waals surface area (Å²) in [6.07, 6.45) is 3.27. The van der Waals surface area contributed by atoms with Crippen LogP contribution < -0.4 is 11.1 Å². The number of aliphatic carboxylic acids is 1. The van der Waals surface area contributed by atoms with Crippen LogP contribution in [-0.2, 0) is 9.59 Å². The van der Waals surface area contributed by atoms with Gasteiger partial charge in [-0.1, -0.05) is 6.92 Å². The molecule has 0 saturated heterocycles. The van der Waals surface area contributed by atoms with Gasteiger partial charge in [-0.2, -0.15) is 0 Å². The van der Waals surface area contributed by atoms with Crippen LogP contribution in [0.5, 0.6) is 0 Å². The van der Waals surface area contributed by atoms with Gasteiger partial charge in [-0.3, -0.25) is 4.79 Å². The number of carbonyl (C=O) groups is 2. The van der Waals surface area contributed by atoms with Gasteiger partial charge in [0.1, 0.15) is 6.04 Å². The van der Waals surface area contributed by atoms with Crippen molar-refractivity contribution in [2.75, 3.05) is 13.2 Å². The molecule has 0 radical (unpaired) electrons. The molecule has 1 atom stereocenters. The molecule has 19 heavy (non-hydrogen) atoms. The van der Waals surface area contributed by atoms with E-state index in [1.807, 2.05) is 0 Å². The van der Waals surface area contributed by atoms with E-state index in [1.165, 1.54) is 0 Å². The maximum atomic E-state index is 12.3. The molecule has 5 N–H and O–H groups in total. The fraction of sp³-hybridized carbons (Fsp3) is 0.846. The second-order valence-electron chi connectivity index (χ2n) is 5.54. The lowest BCUT2D eigenvalue weighted by Gasteiger charge is -2.37. The number of amides is 1. The smallest absolute Gasteiger partial charge is 0.326 e. The fourth-order valence-corrected chi connectivity index (χ4v) is 2.54. The monoisotopic (exact) mass is 272 g/mol. The normalized spacial score (nSPS) is 28.7. The summed E-state index contributed by atoms with van der Waals surface area (Å²) < 4.78 is 0. The molecule has 0 aromatic carbocycles. The average molecular weight is 272 g/mol. The first-order chi connectivity index (χ1) is 8.95. The summed E-state index contributed by atoms with van der Waals surface area (Å²) in [5, 5.41) is 20.3. The number of rotatable bonds is 6. The molecule has 1 amide bonds. The molecule has 0 aromatic heterocycles. The number of carboxylic acids is 1. The second-order valence-corrected chi connectivity index (χ2v) is 5.54. The van der Waals surface area contributed by atoms with Crippen LogP contribution in [0, 0.1) is 11.3 Å². The summed E-state index contributed by atoms with van der Waals surface area (Å²) in [4.78, 5) is 23.3. The van der Waals surface area contributed by atoms with Gasteiger partial charge in [0.25, 0.3) is 0 Å². The molecule has 1 aliphatic rings. The standard InChI is InChI=1S/C13H24N2O4/c1-9-2-5-13(8-14,6-3-9)12(19)15-10(4-7-16)11(17)18/h9-10,16H,2-8,14H2,1H3,(H,15,19)(H,17,18). The number of aliphatic hydroxyl groups is 1. The Morgan fingerprint density at radius 3 is 2.42 bits per heavy atom. The van der Waals surface area contributed by atoms with E-state index in [9.17, 15) is 9.59 Å². The van der Waals surface area contributed by atoms with E-state index in [4.69, 9.17) is 15.9 Å². The molecule has 0 aromatic rings. The van der Waals surface area contributed by atoms with E-state index in [0.717, 1.165) is 12.8 Å². The van der Waals surface area contributed by atoms with Crippen LogP contribution in [0.25, 0.3) is 0 Å². The Labute approximate surface area is 113 Å². The maximum Gasteiger partial charge on any atom is 0.326 e. The molecule has 110 valence electrons. The third-order valence-electron chi connectivity index (χ3n) is 4.12. The molecule has 1 unspecified atom stereocenters. The predicted molar refractivity (Wildman–Crippen MR) is 70.4 cm³/mol. The van der Waals surface area contributed by atoms with Crippen molar-refractivity contribution in [2.24, 2.45) is 17.1 Å². The molecule has 0 bridgehead atoms. The molecule has 1 fully saturated rings. The van der Waals surface area contributed by atoms with Crippen molar-refractivity contribution >= 4 is 11.9 Å². The van der Waals surface area contributed by atoms with E-state index in [1.54, 1.807) is 0 Å². The highest BCUT2D eigenvalue weighted by molar-refractivity contribution is 5.87. The third kappa shape index (κ3) is 3.91. The van der Waals surface area contributed by atoms with Crippen LogP contribution in [0.2, 0.25) is 0 Å². The average Bonchev–Trinajstić information content (AvgIpc) is 2.39. The van der Waals surface area contributed by atoms with Gasteiger partial charge in [-0.15, -0.1) is 0 Å². The number of carboxylic acid groups (broad SMARTS) is 1. The van der Waals surface area contributed by atoms with Crippen LogP contribution in [0.3, 0.4) is 0 Å². The largest absolute Gasteiger partial charge is 0.480 e. The molecule has 1 rings (SSSR count). The highest BCUT2D eigenvalue weighted by atomic mass is 16.4. The minimum atomic E-state index is -1.13. The van der Waals surface area contributed by atoms with E-state index < -0.39 is 17.4 Å². The minimum absolute atomic E-state index is 0.0120. The Kier molecular flexibility index (Phi) is 5.75. The van der Waals surface area contributed by atoms with Gasteiger partial charge in [0.2, 0.25) is 5.91 Å². The van der Waals surface area contributed by atoms with Crippen molar-refractivity contribution in [3.05, 3.63) is 0 Å². The molecule has 6 heteroatoms. The van der Waals surface area contributed by atoms with Gasteiger partial charge in [0.15, 0.2) is 0 Å². The van der Waals surface area contributed by atoms with Crippen molar-refractivity contribution in [2.45, 2.75) is 45.1 Å². The Morgan fingerprint density at radius 2 is 2.00 bits per heavy atom. The van der Waals surface area contributed by atoms with Crippen molar-refractivity contribution in [3.8, 4) is 0 Å². The maximum absolute atomic E-state index is 12.3. The summed E-state index contributed by atoms with van der Waals surface area (Å²) in [6.45, 7) is 2.10. The zero-order valence-corrected chi connectivity index (χ0v) is 11.4. The number of hydrogen-bond donors (Lipinski definition) is 4. The molecule has 0 spiro atoms. The lowest BCUT2D eigenvalue weighted by Crippen LogP contribution is -2.52. The Hall–Kier alpha value is -1.14. The van der Waals surface area contributed by atoms with Gasteiger partial charge in [-0.25, -0.2) is 4.79 Å². The summed E-state index contributed by atoms with van der Waals surface area (Å²) in [5.74, 6) is -0.832. The number of nitrogens with one attached hydrogen (secondary N) is 1.